The van der Waals surface area contributed by atoms with Crippen molar-refractivity contribution in [1.29, 1.82) is 0 Å². The second-order valence-electron chi connectivity index (χ2n) is 3.74. The van der Waals surface area contributed by atoms with Gasteiger partial charge in [-0.2, -0.15) is 5.10 Å². The van der Waals surface area contributed by atoms with E-state index in [1.54, 1.807) is 0 Å². The van der Waals surface area contributed by atoms with Crippen molar-refractivity contribution in [3.05, 3.63) is 23.5 Å². The second-order valence-corrected chi connectivity index (χ2v) is 5.65. The number of fused-ring (bicyclic) bond motifs is 1. The monoisotopic (exact) mass is 239 g/mol. The summed E-state index contributed by atoms with van der Waals surface area (Å²) in [5.41, 5.74) is 2.28. The molecule has 5 nitrogen and oxygen atoms in total. The summed E-state index contributed by atoms with van der Waals surface area (Å²) >= 11 is 0. The number of hydrogen-bond acceptors (Lipinski definition) is 4. The van der Waals surface area contributed by atoms with E-state index in [1.807, 2.05) is 26.0 Å². The molecule has 0 unspecified atom stereocenters. The average Bonchev–Trinajstić information content (AvgIpc) is 2.54. The zero-order chi connectivity index (χ0) is 11.9. The van der Waals surface area contributed by atoms with Gasteiger partial charge in [0.15, 0.2) is 0 Å². The summed E-state index contributed by atoms with van der Waals surface area (Å²) in [6.07, 6.45) is 1.83. The molecule has 0 aliphatic heterocycles. The fourth-order valence-corrected chi connectivity index (χ4v) is 2.33. The highest BCUT2D eigenvalue weighted by atomic mass is 32.2. The van der Waals surface area contributed by atoms with Crippen molar-refractivity contribution in [2.45, 2.75) is 25.4 Å². The van der Waals surface area contributed by atoms with Crippen LogP contribution in [0.4, 0.5) is 0 Å². The number of hydrogen-bond donors (Lipinski definition) is 0. The number of rotatable bonds is 2. The Labute approximate surface area is 94.0 Å². The van der Waals surface area contributed by atoms with Gasteiger partial charge in [0, 0.05) is 6.26 Å². The standard InChI is InChI=1S/C10H13N3O2S/c1-4-8-9-6-5-7(2)12-13(9)10(11-8)16(3,14)15/h5-6H,4H2,1-3H3. The van der Waals surface area contributed by atoms with Gasteiger partial charge >= 0.3 is 0 Å². The lowest BCUT2D eigenvalue weighted by Crippen LogP contribution is -2.06. The van der Waals surface area contributed by atoms with Gasteiger partial charge in [0.25, 0.3) is 0 Å². The van der Waals surface area contributed by atoms with Crippen LogP contribution in [0.15, 0.2) is 17.3 Å². The lowest BCUT2D eigenvalue weighted by atomic mass is 10.3. The number of nitrogens with zero attached hydrogens (tertiary/aromatic N) is 3. The third kappa shape index (κ3) is 1.69. The van der Waals surface area contributed by atoms with Crippen LogP contribution < -0.4 is 0 Å². The largest absolute Gasteiger partial charge is 0.248 e. The molecule has 2 aromatic heterocycles. The summed E-state index contributed by atoms with van der Waals surface area (Å²) in [4.78, 5) is 4.13. The normalized spacial score (nSPS) is 12.2. The summed E-state index contributed by atoms with van der Waals surface area (Å²) in [6, 6.07) is 3.70. The molecular weight excluding hydrogens is 226 g/mol. The number of aryl methyl sites for hydroxylation is 2. The molecule has 16 heavy (non-hydrogen) atoms. The molecule has 86 valence electrons. The van der Waals surface area contributed by atoms with E-state index >= 15 is 0 Å². The topological polar surface area (TPSA) is 64.3 Å². The molecule has 2 aromatic rings. The maximum Gasteiger partial charge on any atom is 0.248 e. The molecular formula is C10H13N3O2S. The molecule has 0 saturated heterocycles. The maximum absolute atomic E-state index is 11.6. The first kappa shape index (κ1) is 11.1. The van der Waals surface area contributed by atoms with Crippen molar-refractivity contribution in [2.75, 3.05) is 6.26 Å². The third-order valence-electron chi connectivity index (χ3n) is 2.34. The Bertz CT molecular complexity index is 643. The smallest absolute Gasteiger partial charge is 0.221 e. The van der Waals surface area contributed by atoms with Gasteiger partial charge in [-0.25, -0.2) is 17.9 Å². The van der Waals surface area contributed by atoms with Crippen LogP contribution in [0.5, 0.6) is 0 Å². The Hall–Kier alpha value is -1.43. The summed E-state index contributed by atoms with van der Waals surface area (Å²) in [7, 11) is -3.35. The first-order chi connectivity index (χ1) is 7.43. The molecule has 0 atom stereocenters. The summed E-state index contributed by atoms with van der Waals surface area (Å²) in [6.45, 7) is 3.76. The van der Waals surface area contributed by atoms with Gasteiger partial charge in [0.1, 0.15) is 0 Å². The Morgan fingerprint density at radius 1 is 1.38 bits per heavy atom. The van der Waals surface area contributed by atoms with Gasteiger partial charge in [-0.05, 0) is 25.5 Å². The molecule has 0 aliphatic rings. The van der Waals surface area contributed by atoms with Crippen LogP contribution >= 0.6 is 0 Å². The first-order valence-corrected chi connectivity index (χ1v) is 6.88. The Kier molecular flexibility index (Phi) is 2.46. The van der Waals surface area contributed by atoms with E-state index in [0.29, 0.717) is 6.42 Å². The van der Waals surface area contributed by atoms with E-state index in [1.165, 1.54) is 4.52 Å². The van der Waals surface area contributed by atoms with Crippen molar-refractivity contribution in [1.82, 2.24) is 14.6 Å². The van der Waals surface area contributed by atoms with Crippen LogP contribution in [-0.4, -0.2) is 29.3 Å². The number of aromatic nitrogens is 3. The lowest BCUT2D eigenvalue weighted by molar-refractivity contribution is 0.587. The minimum absolute atomic E-state index is 0.0167. The Morgan fingerprint density at radius 3 is 2.62 bits per heavy atom. The molecule has 0 fully saturated rings. The molecule has 0 radical (unpaired) electrons. The van der Waals surface area contributed by atoms with Crippen molar-refractivity contribution >= 4 is 15.4 Å². The van der Waals surface area contributed by atoms with E-state index in [0.717, 1.165) is 23.2 Å². The van der Waals surface area contributed by atoms with Crippen molar-refractivity contribution < 1.29 is 8.42 Å². The lowest BCUT2D eigenvalue weighted by Gasteiger charge is -1.98. The van der Waals surface area contributed by atoms with Gasteiger partial charge < -0.3 is 0 Å². The minimum Gasteiger partial charge on any atom is -0.221 e. The van der Waals surface area contributed by atoms with Gasteiger partial charge in [0.05, 0.1) is 16.9 Å². The predicted molar refractivity (Wildman–Crippen MR) is 60.2 cm³/mol. The highest BCUT2D eigenvalue weighted by Crippen LogP contribution is 2.16. The van der Waals surface area contributed by atoms with Gasteiger partial charge in [-0.15, -0.1) is 0 Å². The Balaban J connectivity index is 2.90. The predicted octanol–water partition coefficient (Wildman–Crippen LogP) is 1.00. The van der Waals surface area contributed by atoms with Crippen LogP contribution in [0, 0.1) is 6.92 Å². The summed E-state index contributed by atoms with van der Waals surface area (Å²) in [5.74, 6) is 0. The van der Waals surface area contributed by atoms with Crippen LogP contribution in [0.25, 0.3) is 5.52 Å². The number of sulfone groups is 1. The van der Waals surface area contributed by atoms with Crippen LogP contribution in [0.1, 0.15) is 18.3 Å². The molecule has 0 amide bonds. The van der Waals surface area contributed by atoms with Crippen molar-refractivity contribution in [2.24, 2.45) is 0 Å². The highest BCUT2D eigenvalue weighted by molar-refractivity contribution is 7.90. The van der Waals surface area contributed by atoms with E-state index in [-0.39, 0.29) is 5.16 Å². The van der Waals surface area contributed by atoms with Gasteiger partial charge in [-0.1, -0.05) is 6.92 Å². The molecule has 6 heteroatoms. The molecule has 0 aromatic carbocycles. The molecule has 0 bridgehead atoms. The molecule has 0 N–H and O–H groups in total. The molecule has 0 spiro atoms. The molecule has 2 rings (SSSR count). The first-order valence-electron chi connectivity index (χ1n) is 4.99. The molecule has 2 heterocycles. The van der Waals surface area contributed by atoms with Gasteiger partial charge in [0.2, 0.25) is 15.0 Å². The second kappa shape index (κ2) is 3.55. The summed E-state index contributed by atoms with van der Waals surface area (Å²) < 4.78 is 24.5. The van der Waals surface area contributed by atoms with Crippen LogP contribution in [0.2, 0.25) is 0 Å². The van der Waals surface area contributed by atoms with E-state index < -0.39 is 9.84 Å². The van der Waals surface area contributed by atoms with E-state index in [9.17, 15) is 8.42 Å². The van der Waals surface area contributed by atoms with Crippen molar-refractivity contribution in [3.8, 4) is 0 Å². The fraction of sp³-hybridized carbons (Fsp3) is 0.400. The van der Waals surface area contributed by atoms with Crippen LogP contribution in [0.3, 0.4) is 0 Å². The zero-order valence-electron chi connectivity index (χ0n) is 9.43. The van der Waals surface area contributed by atoms with Gasteiger partial charge in [-0.3, -0.25) is 0 Å². The fourth-order valence-electron chi connectivity index (χ4n) is 1.60. The van der Waals surface area contributed by atoms with E-state index in [4.69, 9.17) is 0 Å². The average molecular weight is 239 g/mol. The Morgan fingerprint density at radius 2 is 2.06 bits per heavy atom. The third-order valence-corrected chi connectivity index (χ3v) is 3.27. The molecule has 0 aliphatic carbocycles. The SMILES string of the molecule is CCc1nc(S(C)(=O)=O)n2nc(C)ccc12. The highest BCUT2D eigenvalue weighted by Gasteiger charge is 2.19. The zero-order valence-corrected chi connectivity index (χ0v) is 10.2. The van der Waals surface area contributed by atoms with E-state index in [2.05, 4.69) is 10.1 Å². The summed E-state index contributed by atoms with van der Waals surface area (Å²) in [5, 5.41) is 4.20. The number of imidazole rings is 1. The molecule has 0 saturated carbocycles. The van der Waals surface area contributed by atoms with Crippen LogP contribution in [-0.2, 0) is 16.3 Å². The minimum atomic E-state index is -3.35. The quantitative estimate of drug-likeness (QED) is 0.784. The maximum atomic E-state index is 11.6. The van der Waals surface area contributed by atoms with Crippen molar-refractivity contribution in [3.63, 3.8) is 0 Å².